The lowest BCUT2D eigenvalue weighted by molar-refractivity contribution is 0.493. The molecule has 1 aromatic heterocycles. The molecule has 1 N–H and O–H groups in total. The van der Waals surface area contributed by atoms with Crippen LogP contribution in [0.2, 0.25) is 0 Å². The Kier molecular flexibility index (Phi) is 3.60. The molecular weight excluding hydrogens is 238 g/mol. The molecule has 1 fully saturated rings. The van der Waals surface area contributed by atoms with Gasteiger partial charge >= 0.3 is 0 Å². The largest absolute Gasteiger partial charge is 0.421 e. The first-order valence-corrected chi connectivity index (χ1v) is 7.01. The maximum atomic E-state index is 5.75. The fourth-order valence-corrected chi connectivity index (χ4v) is 2.17. The maximum Gasteiger partial charge on any atom is 0.248 e. The van der Waals surface area contributed by atoms with E-state index in [0.29, 0.717) is 11.8 Å². The van der Waals surface area contributed by atoms with Crippen molar-refractivity contribution in [3.8, 4) is 11.5 Å². The number of hydrogen-bond acceptors (Lipinski definition) is 4. The second-order valence-electron chi connectivity index (χ2n) is 4.99. The van der Waals surface area contributed by atoms with Gasteiger partial charge in [-0.15, -0.1) is 10.2 Å². The Morgan fingerprint density at radius 2 is 2.11 bits per heavy atom. The predicted octanol–water partition coefficient (Wildman–Crippen LogP) is 2.59. The predicted molar refractivity (Wildman–Crippen MR) is 73.8 cm³/mol. The highest BCUT2D eigenvalue weighted by Crippen LogP contribution is 2.23. The summed E-state index contributed by atoms with van der Waals surface area (Å²) in [6.07, 6.45) is 4.38. The molecule has 4 heteroatoms. The van der Waals surface area contributed by atoms with E-state index in [1.165, 1.54) is 18.4 Å². The van der Waals surface area contributed by atoms with E-state index in [-0.39, 0.29) is 0 Å². The molecule has 1 aliphatic rings. The van der Waals surface area contributed by atoms with Gasteiger partial charge in [-0.05, 0) is 30.9 Å². The molecule has 19 heavy (non-hydrogen) atoms. The first-order valence-electron chi connectivity index (χ1n) is 7.01. The minimum Gasteiger partial charge on any atom is -0.421 e. The second-order valence-corrected chi connectivity index (χ2v) is 4.99. The van der Waals surface area contributed by atoms with Crippen LogP contribution in [0.3, 0.4) is 0 Å². The van der Waals surface area contributed by atoms with Crippen molar-refractivity contribution < 1.29 is 4.42 Å². The lowest BCUT2D eigenvalue weighted by Crippen LogP contribution is -2.19. The normalized spacial score (nSPS) is 14.8. The van der Waals surface area contributed by atoms with Crippen molar-refractivity contribution in [3.05, 3.63) is 35.7 Å². The van der Waals surface area contributed by atoms with Crippen LogP contribution in [-0.4, -0.2) is 22.8 Å². The van der Waals surface area contributed by atoms with Crippen molar-refractivity contribution in [3.63, 3.8) is 0 Å². The zero-order valence-corrected chi connectivity index (χ0v) is 11.2. The first-order chi connectivity index (χ1) is 9.36. The second kappa shape index (κ2) is 5.53. The summed E-state index contributed by atoms with van der Waals surface area (Å²) in [6, 6.07) is 8.92. The van der Waals surface area contributed by atoms with Gasteiger partial charge in [0.2, 0.25) is 11.8 Å². The summed E-state index contributed by atoms with van der Waals surface area (Å²) in [5, 5.41) is 11.7. The average Bonchev–Trinajstić information content (AvgIpc) is 3.15. The summed E-state index contributed by atoms with van der Waals surface area (Å²) in [5.41, 5.74) is 2.30. The average molecular weight is 257 g/mol. The highest BCUT2D eigenvalue weighted by Gasteiger charge is 2.20. The molecular formula is C15H19N3O. The van der Waals surface area contributed by atoms with E-state index in [9.17, 15) is 0 Å². The Balaban J connectivity index is 1.68. The lowest BCUT2D eigenvalue weighted by atomic mass is 10.1. The van der Waals surface area contributed by atoms with E-state index in [1.807, 2.05) is 18.2 Å². The molecule has 1 aromatic carbocycles. The van der Waals surface area contributed by atoms with Gasteiger partial charge < -0.3 is 9.73 Å². The highest BCUT2D eigenvalue weighted by molar-refractivity contribution is 5.58. The van der Waals surface area contributed by atoms with Crippen LogP contribution in [0, 0.1) is 0 Å². The molecule has 0 saturated heterocycles. The van der Waals surface area contributed by atoms with Crippen molar-refractivity contribution in [1.82, 2.24) is 15.5 Å². The Bertz CT molecular complexity index is 546. The van der Waals surface area contributed by atoms with Crippen LogP contribution in [0.4, 0.5) is 0 Å². The van der Waals surface area contributed by atoms with E-state index in [4.69, 9.17) is 4.42 Å². The quantitative estimate of drug-likeness (QED) is 0.864. The molecule has 0 bridgehead atoms. The molecule has 0 unspecified atom stereocenters. The smallest absolute Gasteiger partial charge is 0.248 e. The van der Waals surface area contributed by atoms with Gasteiger partial charge in [-0.25, -0.2) is 0 Å². The standard InChI is InChI=1S/C15H19N3O/c1-2-11-5-3-4-6-13(11)15-18-17-14(19-15)9-10-16-12-7-8-12/h3-6,12,16H,2,7-10H2,1H3. The third kappa shape index (κ3) is 3.01. The zero-order valence-electron chi connectivity index (χ0n) is 11.2. The van der Waals surface area contributed by atoms with Gasteiger partial charge in [0, 0.05) is 24.6 Å². The summed E-state index contributed by atoms with van der Waals surface area (Å²) in [5.74, 6) is 1.35. The molecule has 0 amide bonds. The summed E-state index contributed by atoms with van der Waals surface area (Å²) >= 11 is 0. The van der Waals surface area contributed by atoms with Gasteiger partial charge in [0.1, 0.15) is 0 Å². The molecule has 0 aliphatic heterocycles. The van der Waals surface area contributed by atoms with Crippen molar-refractivity contribution in [1.29, 1.82) is 0 Å². The number of aromatic nitrogens is 2. The van der Waals surface area contributed by atoms with Crippen LogP contribution < -0.4 is 5.32 Å². The first kappa shape index (κ1) is 12.4. The van der Waals surface area contributed by atoms with Crippen LogP contribution in [-0.2, 0) is 12.8 Å². The number of nitrogens with one attached hydrogen (secondary N) is 1. The summed E-state index contributed by atoms with van der Waals surface area (Å²) in [7, 11) is 0. The number of aryl methyl sites for hydroxylation is 1. The van der Waals surface area contributed by atoms with Gasteiger partial charge in [0.05, 0.1) is 0 Å². The zero-order chi connectivity index (χ0) is 13.1. The summed E-state index contributed by atoms with van der Waals surface area (Å²) < 4.78 is 5.75. The Labute approximate surface area is 113 Å². The number of nitrogens with zero attached hydrogens (tertiary/aromatic N) is 2. The Morgan fingerprint density at radius 3 is 2.89 bits per heavy atom. The molecule has 3 rings (SSSR count). The van der Waals surface area contributed by atoms with Crippen LogP contribution in [0.1, 0.15) is 31.2 Å². The van der Waals surface area contributed by atoms with Gasteiger partial charge in [-0.1, -0.05) is 25.1 Å². The molecule has 1 heterocycles. The van der Waals surface area contributed by atoms with Gasteiger partial charge in [0.25, 0.3) is 0 Å². The third-order valence-electron chi connectivity index (χ3n) is 3.44. The van der Waals surface area contributed by atoms with Crippen LogP contribution in [0.25, 0.3) is 11.5 Å². The number of hydrogen-bond donors (Lipinski definition) is 1. The van der Waals surface area contributed by atoms with E-state index in [1.54, 1.807) is 0 Å². The monoisotopic (exact) mass is 257 g/mol. The van der Waals surface area contributed by atoms with Gasteiger partial charge in [-0.3, -0.25) is 0 Å². The SMILES string of the molecule is CCc1ccccc1-c1nnc(CCNC2CC2)o1. The van der Waals surface area contributed by atoms with Crippen molar-refractivity contribution in [2.75, 3.05) is 6.54 Å². The van der Waals surface area contributed by atoms with E-state index < -0.39 is 0 Å². The minimum atomic E-state index is 0.638. The van der Waals surface area contributed by atoms with Crippen molar-refractivity contribution >= 4 is 0 Å². The number of benzene rings is 1. The van der Waals surface area contributed by atoms with Gasteiger partial charge in [-0.2, -0.15) is 0 Å². The molecule has 4 nitrogen and oxygen atoms in total. The molecule has 0 atom stereocenters. The van der Waals surface area contributed by atoms with Crippen LogP contribution in [0.15, 0.2) is 28.7 Å². The topological polar surface area (TPSA) is 51.0 Å². The van der Waals surface area contributed by atoms with E-state index in [2.05, 4.69) is 28.5 Å². The molecule has 100 valence electrons. The van der Waals surface area contributed by atoms with Crippen molar-refractivity contribution in [2.45, 2.75) is 38.6 Å². The maximum absolute atomic E-state index is 5.75. The Morgan fingerprint density at radius 1 is 1.26 bits per heavy atom. The van der Waals surface area contributed by atoms with Gasteiger partial charge in [0.15, 0.2) is 0 Å². The summed E-state index contributed by atoms with van der Waals surface area (Å²) in [6.45, 7) is 3.05. The molecule has 1 aliphatic carbocycles. The lowest BCUT2D eigenvalue weighted by Gasteiger charge is -2.02. The van der Waals surface area contributed by atoms with Crippen LogP contribution >= 0.6 is 0 Å². The fourth-order valence-electron chi connectivity index (χ4n) is 2.17. The molecule has 1 saturated carbocycles. The van der Waals surface area contributed by atoms with E-state index >= 15 is 0 Å². The fraction of sp³-hybridized carbons (Fsp3) is 0.467. The molecule has 0 radical (unpaired) electrons. The summed E-state index contributed by atoms with van der Waals surface area (Å²) in [4.78, 5) is 0. The van der Waals surface area contributed by atoms with E-state index in [0.717, 1.165) is 31.0 Å². The van der Waals surface area contributed by atoms with Crippen molar-refractivity contribution in [2.24, 2.45) is 0 Å². The van der Waals surface area contributed by atoms with Crippen LogP contribution in [0.5, 0.6) is 0 Å². The Hall–Kier alpha value is -1.68. The minimum absolute atomic E-state index is 0.638. The molecule has 2 aromatic rings. The highest BCUT2D eigenvalue weighted by atomic mass is 16.4. The third-order valence-corrected chi connectivity index (χ3v) is 3.44. The number of rotatable bonds is 6. The molecule has 0 spiro atoms.